The van der Waals surface area contributed by atoms with Crippen LogP contribution in [0.5, 0.6) is 0 Å². The third kappa shape index (κ3) is 2.43. The van der Waals surface area contributed by atoms with Crippen molar-refractivity contribution in [1.29, 1.82) is 0 Å². The van der Waals surface area contributed by atoms with Gasteiger partial charge in [0.15, 0.2) is 0 Å². The highest BCUT2D eigenvalue weighted by Crippen LogP contribution is 2.19. The second-order valence-electron chi connectivity index (χ2n) is 3.17. The fourth-order valence-electron chi connectivity index (χ4n) is 1.47. The Morgan fingerprint density at radius 2 is 1.92 bits per heavy atom. The summed E-state index contributed by atoms with van der Waals surface area (Å²) in [6.07, 6.45) is 2.15. The molecule has 1 unspecified atom stereocenters. The fourth-order valence-corrected chi connectivity index (χ4v) is 1.47. The van der Waals surface area contributed by atoms with Crippen LogP contribution in [0.4, 0.5) is 0 Å². The molecule has 70 valence electrons. The molecule has 1 N–H and O–H groups in total. The molecule has 0 radical (unpaired) electrons. The summed E-state index contributed by atoms with van der Waals surface area (Å²) >= 11 is 0. The van der Waals surface area contributed by atoms with Gasteiger partial charge in [-0.25, -0.2) is 0 Å². The van der Waals surface area contributed by atoms with Crippen LogP contribution in [0.1, 0.15) is 25.5 Å². The van der Waals surface area contributed by atoms with Crippen LogP contribution >= 0.6 is 0 Å². The molecule has 0 aliphatic carbocycles. The maximum absolute atomic E-state index is 3.30. The molecular weight excluding hydrogens is 158 g/mol. The molecule has 0 fully saturated rings. The lowest BCUT2D eigenvalue weighted by molar-refractivity contribution is 0.676. The molecule has 0 bridgehead atoms. The van der Waals surface area contributed by atoms with Crippen molar-refractivity contribution in [2.24, 2.45) is 0 Å². The van der Waals surface area contributed by atoms with Crippen LogP contribution in [0.25, 0.3) is 0 Å². The second kappa shape index (κ2) is 4.83. The maximum atomic E-state index is 3.30. The van der Waals surface area contributed by atoms with E-state index in [0.717, 1.165) is 0 Å². The SMILES string of the molecule is CC=C(C)C(NC)c1ccccc1. The first-order valence-corrected chi connectivity index (χ1v) is 4.64. The number of hydrogen-bond donors (Lipinski definition) is 1. The van der Waals surface area contributed by atoms with E-state index in [0.29, 0.717) is 6.04 Å². The summed E-state index contributed by atoms with van der Waals surface area (Å²) in [5.74, 6) is 0. The Labute approximate surface area is 80.5 Å². The van der Waals surface area contributed by atoms with E-state index in [-0.39, 0.29) is 0 Å². The standard InChI is InChI=1S/C12H17N/c1-4-10(2)12(13-3)11-8-6-5-7-9-11/h4-9,12-13H,1-3H3. The van der Waals surface area contributed by atoms with Gasteiger partial charge < -0.3 is 5.32 Å². The van der Waals surface area contributed by atoms with E-state index in [4.69, 9.17) is 0 Å². The lowest BCUT2D eigenvalue weighted by Crippen LogP contribution is -2.17. The topological polar surface area (TPSA) is 12.0 Å². The summed E-state index contributed by atoms with van der Waals surface area (Å²) in [7, 11) is 1.99. The van der Waals surface area contributed by atoms with Gasteiger partial charge in [-0.15, -0.1) is 0 Å². The normalized spacial score (nSPS) is 14.2. The van der Waals surface area contributed by atoms with Crippen LogP contribution in [0.2, 0.25) is 0 Å². The summed E-state index contributed by atoms with van der Waals surface area (Å²) in [6, 6.07) is 10.8. The summed E-state index contributed by atoms with van der Waals surface area (Å²) in [4.78, 5) is 0. The van der Waals surface area contributed by atoms with Gasteiger partial charge in [-0.3, -0.25) is 0 Å². The predicted molar refractivity (Wildman–Crippen MR) is 57.7 cm³/mol. The molecule has 1 aromatic carbocycles. The summed E-state index contributed by atoms with van der Waals surface area (Å²) in [5.41, 5.74) is 2.68. The third-order valence-corrected chi connectivity index (χ3v) is 2.33. The van der Waals surface area contributed by atoms with E-state index in [2.05, 4.69) is 49.5 Å². The van der Waals surface area contributed by atoms with Crippen molar-refractivity contribution in [3.63, 3.8) is 0 Å². The smallest absolute Gasteiger partial charge is 0.0530 e. The van der Waals surface area contributed by atoms with Gasteiger partial charge in [-0.1, -0.05) is 42.0 Å². The highest BCUT2D eigenvalue weighted by molar-refractivity contribution is 5.26. The van der Waals surface area contributed by atoms with E-state index in [9.17, 15) is 0 Å². The molecule has 1 nitrogen and oxygen atoms in total. The molecule has 1 rings (SSSR count). The average molecular weight is 175 g/mol. The van der Waals surface area contributed by atoms with Crippen molar-refractivity contribution >= 4 is 0 Å². The average Bonchev–Trinajstić information content (AvgIpc) is 2.20. The summed E-state index contributed by atoms with van der Waals surface area (Å²) in [6.45, 7) is 4.22. The zero-order chi connectivity index (χ0) is 9.68. The second-order valence-corrected chi connectivity index (χ2v) is 3.17. The monoisotopic (exact) mass is 175 g/mol. The number of rotatable bonds is 3. The third-order valence-electron chi connectivity index (χ3n) is 2.33. The lowest BCUT2D eigenvalue weighted by atomic mass is 10.0. The molecule has 0 heterocycles. The van der Waals surface area contributed by atoms with Crippen molar-refractivity contribution < 1.29 is 0 Å². The molecule has 0 saturated heterocycles. The molecule has 0 amide bonds. The van der Waals surface area contributed by atoms with Crippen LogP contribution in [0, 0.1) is 0 Å². The Hall–Kier alpha value is -1.08. The quantitative estimate of drug-likeness (QED) is 0.696. The van der Waals surface area contributed by atoms with Gasteiger partial charge in [0.1, 0.15) is 0 Å². The lowest BCUT2D eigenvalue weighted by Gasteiger charge is -2.17. The van der Waals surface area contributed by atoms with Gasteiger partial charge in [0.2, 0.25) is 0 Å². The van der Waals surface area contributed by atoms with Gasteiger partial charge in [-0.05, 0) is 26.5 Å². The molecule has 0 aromatic heterocycles. The number of likely N-dealkylation sites (N-methyl/N-ethyl adjacent to an activating group) is 1. The van der Waals surface area contributed by atoms with Gasteiger partial charge in [0, 0.05) is 0 Å². The highest BCUT2D eigenvalue weighted by Gasteiger charge is 2.08. The van der Waals surface area contributed by atoms with E-state index in [1.165, 1.54) is 11.1 Å². The maximum Gasteiger partial charge on any atom is 0.0530 e. The van der Waals surface area contributed by atoms with Crippen LogP contribution < -0.4 is 5.32 Å². The van der Waals surface area contributed by atoms with Gasteiger partial charge in [0.25, 0.3) is 0 Å². The molecule has 0 spiro atoms. The molecule has 1 aromatic rings. The van der Waals surface area contributed by atoms with Crippen molar-refractivity contribution in [3.05, 3.63) is 47.5 Å². The Balaban J connectivity index is 2.91. The minimum atomic E-state index is 0.353. The minimum Gasteiger partial charge on any atom is -0.310 e. The zero-order valence-corrected chi connectivity index (χ0v) is 8.54. The van der Waals surface area contributed by atoms with Crippen LogP contribution in [0.15, 0.2) is 42.0 Å². The number of hydrogen-bond acceptors (Lipinski definition) is 1. The van der Waals surface area contributed by atoms with E-state index in [1.54, 1.807) is 0 Å². The largest absolute Gasteiger partial charge is 0.310 e. The van der Waals surface area contributed by atoms with Crippen molar-refractivity contribution in [2.75, 3.05) is 7.05 Å². The summed E-state index contributed by atoms with van der Waals surface area (Å²) < 4.78 is 0. The zero-order valence-electron chi connectivity index (χ0n) is 8.54. The highest BCUT2D eigenvalue weighted by atomic mass is 14.9. The molecule has 1 heteroatoms. The first-order valence-electron chi connectivity index (χ1n) is 4.64. The Bertz CT molecular complexity index is 274. The first-order chi connectivity index (χ1) is 6.29. The minimum absolute atomic E-state index is 0.353. The molecule has 0 aliphatic heterocycles. The van der Waals surface area contributed by atoms with Gasteiger partial charge >= 0.3 is 0 Å². The van der Waals surface area contributed by atoms with E-state index >= 15 is 0 Å². The van der Waals surface area contributed by atoms with Crippen molar-refractivity contribution in [1.82, 2.24) is 5.32 Å². The number of nitrogens with one attached hydrogen (secondary N) is 1. The summed E-state index contributed by atoms with van der Waals surface area (Å²) in [5, 5.41) is 3.30. The molecular formula is C12H17N. The van der Waals surface area contributed by atoms with Gasteiger partial charge in [0.05, 0.1) is 6.04 Å². The van der Waals surface area contributed by atoms with Gasteiger partial charge in [-0.2, -0.15) is 0 Å². The van der Waals surface area contributed by atoms with Crippen LogP contribution in [0.3, 0.4) is 0 Å². The Morgan fingerprint density at radius 1 is 1.31 bits per heavy atom. The first kappa shape index (κ1) is 10.0. The molecule has 13 heavy (non-hydrogen) atoms. The van der Waals surface area contributed by atoms with Crippen LogP contribution in [-0.4, -0.2) is 7.05 Å². The molecule has 0 aliphatic rings. The van der Waals surface area contributed by atoms with Crippen molar-refractivity contribution in [3.8, 4) is 0 Å². The Morgan fingerprint density at radius 3 is 2.38 bits per heavy atom. The Kier molecular flexibility index (Phi) is 3.71. The fraction of sp³-hybridized carbons (Fsp3) is 0.333. The van der Waals surface area contributed by atoms with E-state index in [1.807, 2.05) is 13.1 Å². The van der Waals surface area contributed by atoms with E-state index < -0.39 is 0 Å². The van der Waals surface area contributed by atoms with Crippen LogP contribution in [-0.2, 0) is 0 Å². The number of benzene rings is 1. The predicted octanol–water partition coefficient (Wildman–Crippen LogP) is 2.91. The molecule has 1 atom stereocenters. The van der Waals surface area contributed by atoms with Crippen molar-refractivity contribution in [2.45, 2.75) is 19.9 Å². The number of allylic oxidation sites excluding steroid dienone is 1. The molecule has 0 saturated carbocycles.